The molecule has 1 rings (SSSR count). The summed E-state index contributed by atoms with van der Waals surface area (Å²) >= 11 is 5.06. The van der Waals surface area contributed by atoms with Gasteiger partial charge in [0.05, 0.1) is 30.1 Å². The predicted molar refractivity (Wildman–Crippen MR) is 111 cm³/mol. The number of carbonyl (C=O) groups is 2. The van der Waals surface area contributed by atoms with Crippen LogP contribution in [0.15, 0.2) is 12.1 Å². The fourth-order valence-corrected chi connectivity index (χ4v) is 2.41. The van der Waals surface area contributed by atoms with Crippen LogP contribution in [0.2, 0.25) is 0 Å². The van der Waals surface area contributed by atoms with E-state index in [2.05, 4.69) is 10.6 Å². The fourth-order valence-electron chi connectivity index (χ4n) is 2.33. The highest BCUT2D eigenvalue weighted by atomic mass is 35.5. The van der Waals surface area contributed by atoms with Gasteiger partial charge in [0.1, 0.15) is 5.75 Å². The van der Waals surface area contributed by atoms with Gasteiger partial charge in [-0.05, 0) is 20.2 Å². The topological polar surface area (TPSA) is 99.9 Å². The van der Waals surface area contributed by atoms with Crippen molar-refractivity contribution in [2.75, 3.05) is 63.8 Å². The largest absolute Gasteiger partial charge is 0.495 e. The summed E-state index contributed by atoms with van der Waals surface area (Å²) < 4.78 is 18.0. The summed E-state index contributed by atoms with van der Waals surface area (Å²) in [7, 11) is 7.36. The Morgan fingerprint density at radius 3 is 2.43 bits per heavy atom. The Kier molecular flexibility index (Phi) is 9.27. The van der Waals surface area contributed by atoms with E-state index < -0.39 is 17.5 Å². The van der Waals surface area contributed by atoms with Crippen molar-refractivity contribution in [3.63, 3.8) is 0 Å². The number of halogens is 2. The lowest BCUT2D eigenvalue weighted by molar-refractivity contribution is -0.124. The maximum Gasteiger partial charge on any atom is 0.270 e. The molecule has 0 fully saturated rings. The van der Waals surface area contributed by atoms with Gasteiger partial charge < -0.3 is 30.9 Å². The molecule has 28 heavy (non-hydrogen) atoms. The number of hydrogen-bond acceptors (Lipinski definition) is 6. The van der Waals surface area contributed by atoms with Gasteiger partial charge >= 0.3 is 0 Å². The van der Waals surface area contributed by atoms with Crippen LogP contribution < -0.4 is 26.0 Å². The number of methoxy groups -OCH3 is 1. The van der Waals surface area contributed by atoms with Gasteiger partial charge in [-0.3, -0.25) is 9.59 Å². The molecule has 0 spiro atoms. The van der Waals surface area contributed by atoms with E-state index in [1.807, 2.05) is 30.9 Å². The quantitative estimate of drug-likeness (QED) is 0.394. The highest BCUT2D eigenvalue weighted by Gasteiger charge is 2.20. The van der Waals surface area contributed by atoms with Gasteiger partial charge in [0, 0.05) is 32.7 Å². The van der Waals surface area contributed by atoms with E-state index in [9.17, 15) is 14.0 Å². The molecule has 10 heteroatoms. The zero-order chi connectivity index (χ0) is 21.4. The van der Waals surface area contributed by atoms with Crippen molar-refractivity contribution in [1.82, 2.24) is 10.2 Å². The van der Waals surface area contributed by atoms with Crippen molar-refractivity contribution >= 4 is 40.5 Å². The number of alkyl halides is 2. The van der Waals surface area contributed by atoms with E-state index >= 15 is 0 Å². The van der Waals surface area contributed by atoms with Crippen LogP contribution in [-0.2, 0) is 9.59 Å². The Bertz CT molecular complexity index is 687. The number of likely N-dealkylation sites (N-methyl/N-ethyl adjacent to an activating group) is 2. The number of ether oxygens (including phenoxy) is 1. The molecule has 0 aromatic heterocycles. The van der Waals surface area contributed by atoms with Crippen LogP contribution in [0, 0.1) is 5.92 Å². The number of anilines is 3. The van der Waals surface area contributed by atoms with Gasteiger partial charge in [-0.1, -0.05) is 18.5 Å². The second kappa shape index (κ2) is 10.9. The van der Waals surface area contributed by atoms with E-state index in [0.717, 1.165) is 12.2 Å². The highest BCUT2D eigenvalue weighted by molar-refractivity contribution is 6.29. The fraction of sp³-hybridized carbons (Fsp3) is 0.556. The first kappa shape index (κ1) is 23.8. The molecule has 1 unspecified atom stereocenters. The normalized spacial score (nSPS) is 13.0. The molecule has 1 aromatic carbocycles. The average molecular weight is 418 g/mol. The number of rotatable bonds is 10. The maximum absolute atomic E-state index is 12.7. The molecule has 8 nitrogen and oxygen atoms in total. The molecule has 0 saturated heterocycles. The number of nitrogens with zero attached hydrogens (tertiary/aromatic N) is 2. The first-order valence-electron chi connectivity index (χ1n) is 8.76. The summed E-state index contributed by atoms with van der Waals surface area (Å²) in [5.74, 6) is -1.43. The number of nitrogen functional groups attached to an aromatic ring is 1. The minimum Gasteiger partial charge on any atom is -0.495 e. The summed E-state index contributed by atoms with van der Waals surface area (Å²) in [5.41, 5.74) is 5.48. The molecule has 0 bridgehead atoms. The lowest BCUT2D eigenvalue weighted by atomic mass is 10.1. The number of amides is 2. The van der Waals surface area contributed by atoms with Crippen molar-refractivity contribution in [2.24, 2.45) is 5.92 Å². The van der Waals surface area contributed by atoms with Crippen molar-refractivity contribution < 1.29 is 18.7 Å². The van der Waals surface area contributed by atoms with Gasteiger partial charge in [0.25, 0.3) is 11.5 Å². The molecule has 0 heterocycles. The minimum atomic E-state index is -2.14. The maximum atomic E-state index is 12.7. The van der Waals surface area contributed by atoms with Gasteiger partial charge in [-0.25, -0.2) is 4.39 Å². The predicted octanol–water partition coefficient (Wildman–Crippen LogP) is 1.50. The van der Waals surface area contributed by atoms with Gasteiger partial charge in [-0.15, -0.1) is 0 Å². The molecule has 1 aromatic rings. The monoisotopic (exact) mass is 417 g/mol. The lowest BCUT2D eigenvalue weighted by Crippen LogP contribution is -2.37. The van der Waals surface area contributed by atoms with E-state index in [0.29, 0.717) is 23.7 Å². The third-order valence-corrected chi connectivity index (χ3v) is 4.33. The molecule has 2 atom stereocenters. The standard InChI is InChI=1S/C18H29ClFN5O3/c1-11(10-22-18(27)16(19)20)17(26)23-13-8-12(21)15(28-5)9-14(13)25(4)7-6-24(2)3/h8-9,11,16H,6-7,10,21H2,1-5H3,(H,22,27)(H,23,26)/t11-,16?/m1/s1. The number of nitrogens with two attached hydrogens (primary N) is 1. The summed E-state index contributed by atoms with van der Waals surface area (Å²) in [5, 5.41) is 5.10. The first-order valence-corrected chi connectivity index (χ1v) is 9.20. The van der Waals surface area contributed by atoms with E-state index in [-0.39, 0.29) is 12.5 Å². The van der Waals surface area contributed by atoms with E-state index in [1.165, 1.54) is 7.11 Å². The van der Waals surface area contributed by atoms with Crippen molar-refractivity contribution in [3.8, 4) is 5.75 Å². The first-order chi connectivity index (χ1) is 13.1. The Balaban J connectivity index is 2.96. The van der Waals surface area contributed by atoms with E-state index in [1.54, 1.807) is 19.1 Å². The summed E-state index contributed by atoms with van der Waals surface area (Å²) in [6, 6.07) is 3.38. The van der Waals surface area contributed by atoms with Gasteiger partial charge in [-0.2, -0.15) is 0 Å². The molecule has 2 amide bonds. The number of hydrogen-bond donors (Lipinski definition) is 3. The summed E-state index contributed by atoms with van der Waals surface area (Å²) in [6.45, 7) is 3.08. The molecule has 158 valence electrons. The number of nitrogens with one attached hydrogen (secondary N) is 2. The number of carbonyl (C=O) groups excluding carboxylic acids is 2. The SMILES string of the molecule is COc1cc(N(C)CCN(C)C)c(NC(=O)[C@H](C)CNC(=O)C(F)Cl)cc1N. The molecule has 0 aliphatic heterocycles. The molecule has 0 aliphatic rings. The molecular weight excluding hydrogens is 389 g/mol. The van der Waals surface area contributed by atoms with Gasteiger partial charge in [0.2, 0.25) is 5.91 Å². The second-order valence-corrected chi connectivity index (χ2v) is 7.16. The third kappa shape index (κ3) is 7.05. The molecule has 0 radical (unpaired) electrons. The van der Waals surface area contributed by atoms with Crippen LogP contribution in [0.1, 0.15) is 6.92 Å². The van der Waals surface area contributed by atoms with Crippen LogP contribution in [0.5, 0.6) is 5.75 Å². The zero-order valence-corrected chi connectivity index (χ0v) is 17.6. The summed E-state index contributed by atoms with van der Waals surface area (Å²) in [4.78, 5) is 27.8. The lowest BCUT2D eigenvalue weighted by Gasteiger charge is -2.26. The number of benzene rings is 1. The van der Waals surface area contributed by atoms with Crippen LogP contribution in [0.4, 0.5) is 21.5 Å². The van der Waals surface area contributed by atoms with Crippen molar-refractivity contribution in [3.05, 3.63) is 12.1 Å². The highest BCUT2D eigenvalue weighted by Crippen LogP contribution is 2.35. The summed E-state index contributed by atoms with van der Waals surface area (Å²) in [6.07, 6.45) is 0. The third-order valence-electron chi connectivity index (χ3n) is 4.13. The van der Waals surface area contributed by atoms with Crippen LogP contribution in [-0.4, -0.2) is 70.2 Å². The van der Waals surface area contributed by atoms with Crippen LogP contribution in [0.3, 0.4) is 0 Å². The molecule has 0 saturated carbocycles. The second-order valence-electron chi connectivity index (χ2n) is 6.77. The van der Waals surface area contributed by atoms with Gasteiger partial charge in [0.15, 0.2) is 0 Å². The minimum absolute atomic E-state index is 0.0464. The Morgan fingerprint density at radius 1 is 1.25 bits per heavy atom. The average Bonchev–Trinajstić information content (AvgIpc) is 2.63. The Labute approximate surface area is 170 Å². The van der Waals surface area contributed by atoms with Crippen LogP contribution >= 0.6 is 11.6 Å². The Morgan fingerprint density at radius 2 is 1.89 bits per heavy atom. The zero-order valence-electron chi connectivity index (χ0n) is 16.9. The molecular formula is C18H29ClFN5O3. The smallest absolute Gasteiger partial charge is 0.270 e. The molecule has 4 N–H and O–H groups in total. The van der Waals surface area contributed by atoms with Crippen molar-refractivity contribution in [1.29, 1.82) is 0 Å². The van der Waals surface area contributed by atoms with Crippen LogP contribution in [0.25, 0.3) is 0 Å². The molecule has 0 aliphatic carbocycles. The van der Waals surface area contributed by atoms with E-state index in [4.69, 9.17) is 22.1 Å². The Hall–Kier alpha value is -2.26. The van der Waals surface area contributed by atoms with Crippen molar-refractivity contribution in [2.45, 2.75) is 12.6 Å².